The number of rotatable bonds is 10. The molecule has 1 aromatic carbocycles. The summed E-state index contributed by atoms with van der Waals surface area (Å²) in [5.41, 5.74) is 2.64. The van der Waals surface area contributed by atoms with Crippen LogP contribution in [0.25, 0.3) is 0 Å². The number of amides is 1. The third-order valence-corrected chi connectivity index (χ3v) is 4.95. The molecule has 0 aliphatic heterocycles. The van der Waals surface area contributed by atoms with E-state index in [0.29, 0.717) is 18.8 Å². The van der Waals surface area contributed by atoms with Gasteiger partial charge < -0.3 is 14.4 Å². The normalized spacial score (nSPS) is 13.6. The van der Waals surface area contributed by atoms with Crippen LogP contribution in [-0.4, -0.2) is 43.6 Å². The zero-order chi connectivity index (χ0) is 19.5. The van der Waals surface area contributed by atoms with Crippen LogP contribution in [0.4, 0.5) is 0 Å². The summed E-state index contributed by atoms with van der Waals surface area (Å²) in [7, 11) is 1.37. The van der Waals surface area contributed by atoms with E-state index < -0.39 is 0 Å². The summed E-state index contributed by atoms with van der Waals surface area (Å²) in [6, 6.07) is 7.78. The number of hydrogen-bond donors (Lipinski definition) is 0. The van der Waals surface area contributed by atoms with Crippen LogP contribution in [0.5, 0.6) is 5.75 Å². The third-order valence-electron chi connectivity index (χ3n) is 4.95. The lowest BCUT2D eigenvalue weighted by molar-refractivity contribution is -0.142. The Balaban J connectivity index is 1.89. The van der Waals surface area contributed by atoms with Crippen LogP contribution in [-0.2, 0) is 20.7 Å². The molecule has 1 aliphatic carbocycles. The van der Waals surface area contributed by atoms with Gasteiger partial charge in [-0.2, -0.15) is 0 Å². The molecule has 0 radical (unpaired) electrons. The zero-order valence-electron chi connectivity index (χ0n) is 16.5. The van der Waals surface area contributed by atoms with Gasteiger partial charge in [0.05, 0.1) is 13.5 Å². The van der Waals surface area contributed by atoms with Crippen molar-refractivity contribution in [2.75, 3.05) is 26.8 Å². The largest absolute Gasteiger partial charge is 0.484 e. The van der Waals surface area contributed by atoms with Gasteiger partial charge in [-0.1, -0.05) is 30.7 Å². The maximum absolute atomic E-state index is 12.6. The molecular formula is C22H31NO4. The molecule has 5 heteroatoms. The Bertz CT molecular complexity index is 636. The molecule has 0 heterocycles. The van der Waals surface area contributed by atoms with Crippen molar-refractivity contribution in [2.45, 2.75) is 51.9 Å². The first-order chi connectivity index (χ1) is 13.1. The number of allylic oxidation sites excluding steroid dienone is 1. The first-order valence-corrected chi connectivity index (χ1v) is 9.86. The molecule has 0 saturated carbocycles. The summed E-state index contributed by atoms with van der Waals surface area (Å²) in [6.45, 7) is 3.04. The van der Waals surface area contributed by atoms with E-state index in [0.717, 1.165) is 25.7 Å². The van der Waals surface area contributed by atoms with Crippen molar-refractivity contribution in [2.24, 2.45) is 0 Å². The van der Waals surface area contributed by atoms with Crippen LogP contribution in [0.2, 0.25) is 0 Å². The molecule has 1 aromatic rings. The summed E-state index contributed by atoms with van der Waals surface area (Å²) in [5, 5.41) is 0. The van der Waals surface area contributed by atoms with E-state index in [1.54, 1.807) is 4.90 Å². The fourth-order valence-electron chi connectivity index (χ4n) is 3.16. The van der Waals surface area contributed by atoms with Gasteiger partial charge in [0.25, 0.3) is 5.91 Å². The lowest BCUT2D eigenvalue weighted by atomic mass is 9.97. The quantitative estimate of drug-likeness (QED) is 0.461. The number of benzene rings is 1. The van der Waals surface area contributed by atoms with Crippen molar-refractivity contribution in [3.05, 3.63) is 41.5 Å². The topological polar surface area (TPSA) is 55.8 Å². The zero-order valence-corrected chi connectivity index (χ0v) is 16.5. The molecule has 148 valence electrons. The minimum Gasteiger partial charge on any atom is -0.484 e. The second kappa shape index (κ2) is 11.4. The van der Waals surface area contributed by atoms with E-state index in [4.69, 9.17) is 9.47 Å². The molecule has 0 saturated heterocycles. The molecule has 0 atom stereocenters. The molecule has 1 amide bonds. The van der Waals surface area contributed by atoms with Gasteiger partial charge in [-0.15, -0.1) is 0 Å². The molecule has 0 fully saturated rings. The number of nitrogens with zero attached hydrogens (tertiary/aromatic N) is 1. The SMILES string of the molecule is CCc1ccc(OCC(=O)N(CCC(=O)OC)CCC2=CCCCC2)cc1. The Labute approximate surface area is 162 Å². The van der Waals surface area contributed by atoms with Crippen molar-refractivity contribution < 1.29 is 19.1 Å². The average Bonchev–Trinajstić information content (AvgIpc) is 2.72. The predicted molar refractivity (Wildman–Crippen MR) is 106 cm³/mol. The molecule has 0 N–H and O–H groups in total. The van der Waals surface area contributed by atoms with E-state index in [9.17, 15) is 9.59 Å². The van der Waals surface area contributed by atoms with Crippen molar-refractivity contribution >= 4 is 11.9 Å². The molecule has 0 bridgehead atoms. The maximum atomic E-state index is 12.6. The van der Waals surface area contributed by atoms with Gasteiger partial charge in [0.1, 0.15) is 5.75 Å². The lowest BCUT2D eigenvalue weighted by Crippen LogP contribution is -2.37. The Morgan fingerprint density at radius 2 is 1.89 bits per heavy atom. The van der Waals surface area contributed by atoms with Crippen LogP contribution < -0.4 is 4.74 Å². The molecule has 5 nitrogen and oxygen atoms in total. The van der Waals surface area contributed by atoms with Crippen molar-refractivity contribution in [3.63, 3.8) is 0 Å². The number of methoxy groups -OCH3 is 1. The average molecular weight is 373 g/mol. The summed E-state index contributed by atoms with van der Waals surface area (Å²) in [6.07, 6.45) is 9.03. The number of ether oxygens (including phenoxy) is 2. The summed E-state index contributed by atoms with van der Waals surface area (Å²) >= 11 is 0. The first kappa shape index (κ1) is 21.0. The van der Waals surface area contributed by atoms with Gasteiger partial charge in [-0.25, -0.2) is 0 Å². The second-order valence-electron chi connectivity index (χ2n) is 6.85. The number of carbonyl (C=O) groups is 2. The highest BCUT2D eigenvalue weighted by atomic mass is 16.5. The van der Waals surface area contributed by atoms with Crippen LogP contribution in [0, 0.1) is 0 Å². The van der Waals surface area contributed by atoms with Gasteiger partial charge in [0.2, 0.25) is 0 Å². The monoisotopic (exact) mass is 373 g/mol. The van der Waals surface area contributed by atoms with Gasteiger partial charge >= 0.3 is 5.97 Å². The highest BCUT2D eigenvalue weighted by Gasteiger charge is 2.17. The van der Waals surface area contributed by atoms with E-state index in [-0.39, 0.29) is 24.9 Å². The van der Waals surface area contributed by atoms with E-state index in [1.807, 2.05) is 24.3 Å². The highest BCUT2D eigenvalue weighted by molar-refractivity contribution is 5.78. The summed E-state index contributed by atoms with van der Waals surface area (Å²) in [5.74, 6) is 0.277. The molecule has 0 spiro atoms. The molecule has 0 aromatic heterocycles. The molecular weight excluding hydrogens is 342 g/mol. The van der Waals surface area contributed by atoms with Crippen LogP contribution >= 0.6 is 0 Å². The fraction of sp³-hybridized carbons (Fsp3) is 0.545. The van der Waals surface area contributed by atoms with Gasteiger partial charge in [0, 0.05) is 13.1 Å². The number of esters is 1. The van der Waals surface area contributed by atoms with Crippen molar-refractivity contribution in [1.82, 2.24) is 4.90 Å². The molecule has 27 heavy (non-hydrogen) atoms. The van der Waals surface area contributed by atoms with E-state index >= 15 is 0 Å². The van der Waals surface area contributed by atoms with Gasteiger partial charge in [-0.05, 0) is 56.2 Å². The van der Waals surface area contributed by atoms with E-state index in [2.05, 4.69) is 13.0 Å². The standard InChI is InChI=1S/C22H31NO4/c1-3-18-9-11-20(12-10-18)27-17-21(24)23(16-14-22(25)26-2)15-13-19-7-5-4-6-8-19/h7,9-12H,3-6,8,13-17H2,1-2H3. The Morgan fingerprint density at radius 3 is 2.52 bits per heavy atom. The minimum absolute atomic E-state index is 0.0221. The van der Waals surface area contributed by atoms with Crippen LogP contribution in [0.3, 0.4) is 0 Å². The number of hydrogen-bond acceptors (Lipinski definition) is 4. The van der Waals surface area contributed by atoms with Gasteiger partial charge in [0.15, 0.2) is 6.61 Å². The van der Waals surface area contributed by atoms with Crippen molar-refractivity contribution in [3.8, 4) is 5.75 Å². The molecule has 2 rings (SSSR count). The Morgan fingerprint density at radius 1 is 1.11 bits per heavy atom. The van der Waals surface area contributed by atoms with E-state index in [1.165, 1.54) is 31.1 Å². The Hall–Kier alpha value is -2.30. The highest BCUT2D eigenvalue weighted by Crippen LogP contribution is 2.20. The molecule has 0 unspecified atom stereocenters. The first-order valence-electron chi connectivity index (χ1n) is 9.86. The predicted octanol–water partition coefficient (Wildman–Crippen LogP) is 3.91. The Kier molecular flexibility index (Phi) is 8.89. The molecule has 1 aliphatic rings. The summed E-state index contributed by atoms with van der Waals surface area (Å²) in [4.78, 5) is 25.8. The fourth-order valence-corrected chi connectivity index (χ4v) is 3.16. The second-order valence-corrected chi connectivity index (χ2v) is 6.85. The van der Waals surface area contributed by atoms with Crippen molar-refractivity contribution in [1.29, 1.82) is 0 Å². The summed E-state index contributed by atoms with van der Waals surface area (Å²) < 4.78 is 10.4. The van der Waals surface area contributed by atoms with Crippen LogP contribution in [0.1, 0.15) is 51.0 Å². The third kappa shape index (κ3) is 7.45. The lowest BCUT2D eigenvalue weighted by Gasteiger charge is -2.24. The smallest absolute Gasteiger partial charge is 0.307 e. The van der Waals surface area contributed by atoms with Crippen LogP contribution in [0.15, 0.2) is 35.9 Å². The minimum atomic E-state index is -0.305. The number of carbonyl (C=O) groups excluding carboxylic acids is 2. The maximum Gasteiger partial charge on any atom is 0.307 e. The number of aryl methyl sites for hydroxylation is 1. The van der Waals surface area contributed by atoms with Gasteiger partial charge in [-0.3, -0.25) is 9.59 Å².